The molecule has 2 aromatic rings. The van der Waals surface area contributed by atoms with Gasteiger partial charge in [-0.3, -0.25) is 19.6 Å². The number of fused-ring (bicyclic) bond motifs is 1. The van der Waals surface area contributed by atoms with Gasteiger partial charge in [0.1, 0.15) is 11.6 Å². The van der Waals surface area contributed by atoms with Crippen LogP contribution in [-0.4, -0.2) is 45.4 Å². The van der Waals surface area contributed by atoms with E-state index in [2.05, 4.69) is 28.9 Å². The zero-order valence-electron chi connectivity index (χ0n) is 19.3. The molecule has 1 amide bonds. The highest BCUT2D eigenvalue weighted by Gasteiger charge is 2.32. The van der Waals surface area contributed by atoms with Gasteiger partial charge in [-0.25, -0.2) is 9.97 Å². The molecule has 0 N–H and O–H groups in total. The van der Waals surface area contributed by atoms with Crippen molar-refractivity contribution in [3.63, 3.8) is 0 Å². The number of carbonyl (C=O) groups excluding carboxylic acids is 1. The molecule has 0 radical (unpaired) electrons. The molecule has 1 atom stereocenters. The molecular weight excluding hydrogens is 398 g/mol. The molecule has 6 nitrogen and oxygen atoms in total. The second-order valence-electron chi connectivity index (χ2n) is 9.91. The molecule has 32 heavy (non-hydrogen) atoms. The van der Waals surface area contributed by atoms with Gasteiger partial charge in [-0.2, -0.15) is 0 Å². The molecule has 6 heteroatoms. The quantitative estimate of drug-likeness (QED) is 0.699. The summed E-state index contributed by atoms with van der Waals surface area (Å²) < 4.78 is 0. The number of anilines is 1. The van der Waals surface area contributed by atoms with E-state index >= 15 is 0 Å². The summed E-state index contributed by atoms with van der Waals surface area (Å²) in [5, 5.41) is 0. The lowest BCUT2D eigenvalue weighted by Crippen LogP contribution is -2.41. The van der Waals surface area contributed by atoms with Gasteiger partial charge in [0.25, 0.3) is 0 Å². The summed E-state index contributed by atoms with van der Waals surface area (Å²) in [5.74, 6) is 3.03. The van der Waals surface area contributed by atoms with Gasteiger partial charge in [-0.15, -0.1) is 0 Å². The standard InChI is InChI=1S/C26H35N5O/c1-19-23-9-10-24(32)31(17-20-6-3-2-4-7-20)26(23)29-25(28-19)22-8-5-15-30(18-22)16-21-11-13-27-14-12-21/h11-14,20,22H,2-10,15-18H2,1H3. The average molecular weight is 434 g/mol. The van der Waals surface area contributed by atoms with E-state index in [1.165, 1.54) is 43.2 Å². The monoisotopic (exact) mass is 433 g/mol. The number of carbonyl (C=O) groups is 1. The number of hydrogen-bond acceptors (Lipinski definition) is 5. The molecule has 0 aromatic carbocycles. The maximum Gasteiger partial charge on any atom is 0.228 e. The molecule has 3 aliphatic rings. The summed E-state index contributed by atoms with van der Waals surface area (Å²) in [4.78, 5) is 31.7. The number of likely N-dealkylation sites (tertiary alicyclic amines) is 1. The van der Waals surface area contributed by atoms with E-state index in [0.29, 0.717) is 18.3 Å². The molecule has 2 aliphatic heterocycles. The number of nitrogens with zero attached hydrogens (tertiary/aromatic N) is 5. The van der Waals surface area contributed by atoms with Crippen molar-refractivity contribution in [3.05, 3.63) is 47.2 Å². The van der Waals surface area contributed by atoms with Crippen LogP contribution in [0.25, 0.3) is 0 Å². The van der Waals surface area contributed by atoms with E-state index in [4.69, 9.17) is 9.97 Å². The number of pyridine rings is 1. The Morgan fingerprint density at radius 2 is 1.81 bits per heavy atom. The fourth-order valence-corrected chi connectivity index (χ4v) is 5.76. The van der Waals surface area contributed by atoms with Gasteiger partial charge in [-0.05, 0) is 69.2 Å². The summed E-state index contributed by atoms with van der Waals surface area (Å²) in [5.41, 5.74) is 3.55. The number of aromatic nitrogens is 3. The summed E-state index contributed by atoms with van der Waals surface area (Å²) in [6, 6.07) is 4.19. The van der Waals surface area contributed by atoms with E-state index in [0.717, 1.165) is 62.8 Å². The van der Waals surface area contributed by atoms with Crippen molar-refractivity contribution < 1.29 is 4.79 Å². The highest BCUT2D eigenvalue weighted by molar-refractivity contribution is 5.95. The minimum atomic E-state index is 0.245. The normalized spacial score (nSPS) is 22.7. The average Bonchev–Trinajstić information content (AvgIpc) is 2.82. The van der Waals surface area contributed by atoms with Gasteiger partial charge in [-0.1, -0.05) is 19.3 Å². The number of amides is 1. The first-order valence-corrected chi connectivity index (χ1v) is 12.5. The predicted octanol–water partition coefficient (Wildman–Crippen LogP) is 4.42. The predicted molar refractivity (Wildman–Crippen MR) is 126 cm³/mol. The number of rotatable bonds is 5. The third-order valence-electron chi connectivity index (χ3n) is 7.55. The van der Waals surface area contributed by atoms with Crippen LogP contribution in [0, 0.1) is 12.8 Å². The number of piperidine rings is 1. The summed E-state index contributed by atoms with van der Waals surface area (Å²) in [6.07, 6.45) is 13.8. The second-order valence-corrected chi connectivity index (χ2v) is 9.91. The molecule has 5 rings (SSSR count). The van der Waals surface area contributed by atoms with Gasteiger partial charge < -0.3 is 0 Å². The molecule has 2 fully saturated rings. The van der Waals surface area contributed by atoms with Crippen molar-refractivity contribution in [1.82, 2.24) is 19.9 Å². The van der Waals surface area contributed by atoms with Crippen LogP contribution in [0.2, 0.25) is 0 Å². The molecule has 4 heterocycles. The molecular formula is C26H35N5O. The molecule has 2 aromatic heterocycles. The van der Waals surface area contributed by atoms with Crippen LogP contribution >= 0.6 is 0 Å². The van der Waals surface area contributed by atoms with E-state index in [1.807, 2.05) is 17.3 Å². The fraction of sp³-hybridized carbons (Fsp3) is 0.615. The molecule has 1 saturated carbocycles. The maximum absolute atomic E-state index is 12.9. The smallest absolute Gasteiger partial charge is 0.228 e. The number of aryl methyl sites for hydroxylation is 1. The molecule has 170 valence electrons. The van der Waals surface area contributed by atoms with Gasteiger partial charge >= 0.3 is 0 Å². The minimum Gasteiger partial charge on any atom is -0.298 e. The van der Waals surface area contributed by atoms with E-state index in [-0.39, 0.29) is 5.91 Å². The Labute approximate surface area is 191 Å². The van der Waals surface area contributed by atoms with Gasteiger partial charge in [0, 0.05) is 55.6 Å². The zero-order chi connectivity index (χ0) is 21.9. The molecule has 1 unspecified atom stereocenters. The molecule has 1 saturated heterocycles. The van der Waals surface area contributed by atoms with Crippen molar-refractivity contribution >= 4 is 11.7 Å². The Hall–Kier alpha value is -2.34. The Kier molecular flexibility index (Phi) is 6.49. The van der Waals surface area contributed by atoms with Crippen molar-refractivity contribution in [1.29, 1.82) is 0 Å². The summed E-state index contributed by atoms with van der Waals surface area (Å²) in [7, 11) is 0. The van der Waals surface area contributed by atoms with E-state index in [9.17, 15) is 4.79 Å². The molecule has 1 aliphatic carbocycles. The second kappa shape index (κ2) is 9.65. The fourth-order valence-electron chi connectivity index (χ4n) is 5.76. The Balaban J connectivity index is 1.37. The van der Waals surface area contributed by atoms with Crippen LogP contribution in [-0.2, 0) is 17.8 Å². The van der Waals surface area contributed by atoms with Crippen LogP contribution < -0.4 is 4.90 Å². The summed E-state index contributed by atoms with van der Waals surface area (Å²) >= 11 is 0. The highest BCUT2D eigenvalue weighted by atomic mass is 16.2. The van der Waals surface area contributed by atoms with Crippen LogP contribution in [0.3, 0.4) is 0 Å². The first kappa shape index (κ1) is 21.5. The third kappa shape index (κ3) is 4.70. The topological polar surface area (TPSA) is 62.2 Å². The van der Waals surface area contributed by atoms with E-state index in [1.54, 1.807) is 0 Å². The zero-order valence-corrected chi connectivity index (χ0v) is 19.3. The first-order valence-electron chi connectivity index (χ1n) is 12.5. The lowest BCUT2D eigenvalue weighted by atomic mass is 9.88. The first-order chi connectivity index (χ1) is 15.7. The van der Waals surface area contributed by atoms with Crippen LogP contribution in [0.5, 0.6) is 0 Å². The SMILES string of the molecule is Cc1nc(C2CCCN(Cc3ccncc3)C2)nc2c1CCC(=O)N2CC1CCCCC1. The Morgan fingerprint density at radius 3 is 2.62 bits per heavy atom. The van der Waals surface area contributed by atoms with Gasteiger partial charge in [0.15, 0.2) is 0 Å². The Bertz CT molecular complexity index is 941. The number of hydrogen-bond donors (Lipinski definition) is 0. The van der Waals surface area contributed by atoms with Crippen LogP contribution in [0.1, 0.15) is 79.9 Å². The summed E-state index contributed by atoms with van der Waals surface area (Å²) in [6.45, 7) is 5.96. The van der Waals surface area contributed by atoms with Crippen molar-refractivity contribution in [3.8, 4) is 0 Å². The Morgan fingerprint density at radius 1 is 1.00 bits per heavy atom. The maximum atomic E-state index is 12.9. The van der Waals surface area contributed by atoms with Crippen molar-refractivity contribution in [2.75, 3.05) is 24.5 Å². The minimum absolute atomic E-state index is 0.245. The molecule has 0 bridgehead atoms. The van der Waals surface area contributed by atoms with E-state index < -0.39 is 0 Å². The van der Waals surface area contributed by atoms with Crippen molar-refractivity contribution in [2.45, 2.75) is 77.2 Å². The highest BCUT2D eigenvalue weighted by Crippen LogP contribution is 2.34. The third-order valence-corrected chi connectivity index (χ3v) is 7.55. The largest absolute Gasteiger partial charge is 0.298 e. The van der Waals surface area contributed by atoms with Gasteiger partial charge in [0.05, 0.1) is 0 Å². The lowest BCUT2D eigenvalue weighted by molar-refractivity contribution is -0.119. The lowest BCUT2D eigenvalue weighted by Gasteiger charge is -2.35. The van der Waals surface area contributed by atoms with Crippen LogP contribution in [0.4, 0.5) is 5.82 Å². The van der Waals surface area contributed by atoms with Crippen LogP contribution in [0.15, 0.2) is 24.5 Å². The molecule has 0 spiro atoms. The van der Waals surface area contributed by atoms with Gasteiger partial charge in [0.2, 0.25) is 5.91 Å². The van der Waals surface area contributed by atoms with Crippen molar-refractivity contribution in [2.24, 2.45) is 5.92 Å².